The molecule has 2 aliphatic heterocycles. The van der Waals surface area contributed by atoms with Crippen molar-refractivity contribution in [2.45, 2.75) is 44.8 Å². The Bertz CT molecular complexity index is 743. The van der Waals surface area contributed by atoms with Crippen LogP contribution in [-0.2, 0) is 14.0 Å². The summed E-state index contributed by atoms with van der Waals surface area (Å²) in [7, 11) is -0.425. The molecule has 1 aromatic heterocycles. The van der Waals surface area contributed by atoms with Crippen molar-refractivity contribution in [3.63, 3.8) is 0 Å². The van der Waals surface area contributed by atoms with E-state index in [1.165, 1.54) is 5.56 Å². The fourth-order valence-corrected chi connectivity index (χ4v) is 3.00. The second-order valence-corrected chi connectivity index (χ2v) is 7.32. The third-order valence-electron chi connectivity index (χ3n) is 5.27. The van der Waals surface area contributed by atoms with Crippen molar-refractivity contribution in [1.82, 2.24) is 9.97 Å². The van der Waals surface area contributed by atoms with Gasteiger partial charge < -0.3 is 14.0 Å². The number of ether oxygens (including phenoxy) is 1. The molecule has 0 N–H and O–H groups in total. The number of hydrogen-bond donors (Lipinski definition) is 0. The van der Waals surface area contributed by atoms with Gasteiger partial charge in [0.15, 0.2) is 0 Å². The van der Waals surface area contributed by atoms with Crippen molar-refractivity contribution in [3.05, 3.63) is 30.1 Å². The van der Waals surface area contributed by atoms with Gasteiger partial charge in [-0.1, -0.05) is 12.1 Å². The van der Waals surface area contributed by atoms with Gasteiger partial charge in [-0.05, 0) is 33.3 Å². The van der Waals surface area contributed by atoms with Gasteiger partial charge in [0.2, 0.25) is 0 Å². The third kappa shape index (κ3) is 2.28. The standard InChI is InChI=1S/C17H21BN2O3/c1-16(2)17(3,4)23-18(22-16)13-6-5-12(11-9-21-10-11)14-15(13)20-8-7-19-14/h5-8,11H,9-10H2,1-4H3. The van der Waals surface area contributed by atoms with Crippen LogP contribution >= 0.6 is 0 Å². The molecule has 2 aliphatic rings. The van der Waals surface area contributed by atoms with Crippen LogP contribution in [-0.4, -0.2) is 41.5 Å². The molecule has 6 heteroatoms. The fourth-order valence-electron chi connectivity index (χ4n) is 3.00. The first-order valence-electron chi connectivity index (χ1n) is 8.06. The monoisotopic (exact) mass is 312 g/mol. The molecule has 0 amide bonds. The summed E-state index contributed by atoms with van der Waals surface area (Å²) in [6.45, 7) is 9.73. The Balaban J connectivity index is 1.80. The average Bonchev–Trinajstić information content (AvgIpc) is 2.65. The normalized spacial score (nSPS) is 23.2. The maximum Gasteiger partial charge on any atom is 0.497 e. The SMILES string of the molecule is CC1(C)OB(c2ccc(C3COC3)c3nccnc23)OC1(C)C. The summed E-state index contributed by atoms with van der Waals surface area (Å²) in [4.78, 5) is 9.12. The summed E-state index contributed by atoms with van der Waals surface area (Å²) >= 11 is 0. The van der Waals surface area contributed by atoms with Gasteiger partial charge >= 0.3 is 7.12 Å². The lowest BCUT2D eigenvalue weighted by Gasteiger charge is -2.32. The van der Waals surface area contributed by atoms with E-state index in [0.717, 1.165) is 29.7 Å². The first-order chi connectivity index (χ1) is 10.9. The van der Waals surface area contributed by atoms with Crippen LogP contribution < -0.4 is 5.46 Å². The van der Waals surface area contributed by atoms with Crippen molar-refractivity contribution < 1.29 is 14.0 Å². The molecule has 0 aliphatic carbocycles. The first-order valence-corrected chi connectivity index (χ1v) is 8.06. The molecule has 0 saturated carbocycles. The highest BCUT2D eigenvalue weighted by Gasteiger charge is 2.52. The van der Waals surface area contributed by atoms with E-state index in [4.69, 9.17) is 14.0 Å². The molecule has 2 saturated heterocycles. The minimum atomic E-state index is -0.425. The van der Waals surface area contributed by atoms with E-state index in [1.54, 1.807) is 12.4 Å². The molecule has 0 spiro atoms. The maximum absolute atomic E-state index is 6.18. The topological polar surface area (TPSA) is 53.5 Å². The van der Waals surface area contributed by atoms with E-state index >= 15 is 0 Å². The van der Waals surface area contributed by atoms with E-state index in [-0.39, 0.29) is 11.2 Å². The van der Waals surface area contributed by atoms with Crippen LogP contribution in [0.5, 0.6) is 0 Å². The van der Waals surface area contributed by atoms with Gasteiger partial charge in [-0.3, -0.25) is 9.97 Å². The summed E-state index contributed by atoms with van der Waals surface area (Å²) in [6, 6.07) is 4.18. The quantitative estimate of drug-likeness (QED) is 0.794. The summed E-state index contributed by atoms with van der Waals surface area (Å²) in [5.41, 5.74) is 3.18. The molecule has 3 heterocycles. The lowest BCUT2D eigenvalue weighted by atomic mass is 9.76. The zero-order valence-electron chi connectivity index (χ0n) is 14.0. The second kappa shape index (κ2) is 5.00. The van der Waals surface area contributed by atoms with Gasteiger partial charge in [-0.2, -0.15) is 0 Å². The summed E-state index contributed by atoms with van der Waals surface area (Å²) in [6.07, 6.45) is 3.46. The van der Waals surface area contributed by atoms with Crippen LogP contribution in [0.4, 0.5) is 0 Å². The smallest absolute Gasteiger partial charge is 0.399 e. The molecular formula is C17H21BN2O3. The molecule has 0 radical (unpaired) electrons. The number of hydrogen-bond acceptors (Lipinski definition) is 5. The van der Waals surface area contributed by atoms with Gasteiger partial charge in [0.25, 0.3) is 0 Å². The molecule has 0 bridgehead atoms. The molecule has 23 heavy (non-hydrogen) atoms. The first kappa shape index (κ1) is 15.1. The zero-order chi connectivity index (χ0) is 16.2. The molecule has 4 rings (SSSR count). The van der Waals surface area contributed by atoms with E-state index in [1.807, 2.05) is 0 Å². The van der Waals surface area contributed by atoms with Crippen LogP contribution in [0.15, 0.2) is 24.5 Å². The predicted octanol–water partition coefficient (Wildman–Crippen LogP) is 2.04. The van der Waals surface area contributed by atoms with Gasteiger partial charge in [0, 0.05) is 23.8 Å². The van der Waals surface area contributed by atoms with Gasteiger partial charge in [-0.25, -0.2) is 0 Å². The van der Waals surface area contributed by atoms with Gasteiger partial charge in [0.05, 0.1) is 35.4 Å². The highest BCUT2D eigenvalue weighted by atomic mass is 16.7. The third-order valence-corrected chi connectivity index (χ3v) is 5.27. The highest BCUT2D eigenvalue weighted by Crippen LogP contribution is 2.37. The minimum absolute atomic E-state index is 0.368. The number of nitrogens with zero attached hydrogens (tertiary/aromatic N) is 2. The predicted molar refractivity (Wildman–Crippen MR) is 88.8 cm³/mol. The number of rotatable bonds is 2. The molecule has 5 nitrogen and oxygen atoms in total. The van der Waals surface area contributed by atoms with Gasteiger partial charge in [0.1, 0.15) is 0 Å². The maximum atomic E-state index is 6.18. The van der Waals surface area contributed by atoms with Crippen LogP contribution in [0.1, 0.15) is 39.2 Å². The van der Waals surface area contributed by atoms with Gasteiger partial charge in [-0.15, -0.1) is 0 Å². The van der Waals surface area contributed by atoms with E-state index in [0.29, 0.717) is 5.92 Å². The fraction of sp³-hybridized carbons (Fsp3) is 0.529. The Labute approximate surface area is 136 Å². The Kier molecular flexibility index (Phi) is 3.27. The zero-order valence-corrected chi connectivity index (χ0v) is 14.0. The second-order valence-electron chi connectivity index (χ2n) is 7.32. The molecule has 1 aromatic carbocycles. The van der Waals surface area contributed by atoms with Crippen molar-refractivity contribution >= 4 is 23.6 Å². The largest absolute Gasteiger partial charge is 0.497 e. The Hall–Kier alpha value is -1.50. The number of aromatic nitrogens is 2. The molecular weight excluding hydrogens is 291 g/mol. The van der Waals surface area contributed by atoms with Crippen LogP contribution in [0.2, 0.25) is 0 Å². The lowest BCUT2D eigenvalue weighted by Crippen LogP contribution is -2.41. The molecule has 2 aromatic rings. The van der Waals surface area contributed by atoms with Crippen molar-refractivity contribution in [2.24, 2.45) is 0 Å². The minimum Gasteiger partial charge on any atom is -0.399 e. The average molecular weight is 312 g/mol. The summed E-state index contributed by atoms with van der Waals surface area (Å²) in [5.74, 6) is 0.404. The number of benzene rings is 1. The van der Waals surface area contributed by atoms with Crippen LogP contribution in [0.25, 0.3) is 11.0 Å². The molecule has 0 unspecified atom stereocenters. The van der Waals surface area contributed by atoms with E-state index in [2.05, 4.69) is 49.8 Å². The summed E-state index contributed by atoms with van der Waals surface area (Å²) < 4.78 is 17.7. The van der Waals surface area contributed by atoms with E-state index < -0.39 is 7.12 Å². The van der Waals surface area contributed by atoms with Crippen molar-refractivity contribution in [2.75, 3.05) is 13.2 Å². The molecule has 0 atom stereocenters. The number of fused-ring (bicyclic) bond motifs is 1. The summed E-state index contributed by atoms with van der Waals surface area (Å²) in [5, 5.41) is 0. The van der Waals surface area contributed by atoms with Crippen molar-refractivity contribution in [3.8, 4) is 0 Å². The lowest BCUT2D eigenvalue weighted by molar-refractivity contribution is 0.00578. The Morgan fingerprint density at radius 2 is 1.57 bits per heavy atom. The molecule has 120 valence electrons. The van der Waals surface area contributed by atoms with Crippen LogP contribution in [0.3, 0.4) is 0 Å². The molecule has 2 fully saturated rings. The highest BCUT2D eigenvalue weighted by molar-refractivity contribution is 6.64. The Morgan fingerprint density at radius 1 is 0.957 bits per heavy atom. The van der Waals surface area contributed by atoms with E-state index in [9.17, 15) is 0 Å². The Morgan fingerprint density at radius 3 is 2.13 bits per heavy atom. The van der Waals surface area contributed by atoms with Crippen LogP contribution in [0, 0.1) is 0 Å². The van der Waals surface area contributed by atoms with Crippen molar-refractivity contribution in [1.29, 1.82) is 0 Å².